The molecule has 2 aromatic carbocycles. The minimum atomic E-state index is -0.0501. The Bertz CT molecular complexity index is 602. The summed E-state index contributed by atoms with van der Waals surface area (Å²) >= 11 is 0. The van der Waals surface area contributed by atoms with Gasteiger partial charge in [-0.2, -0.15) is 0 Å². The van der Waals surface area contributed by atoms with Gasteiger partial charge in [-0.3, -0.25) is 4.90 Å². The lowest BCUT2D eigenvalue weighted by atomic mass is 10.0. The van der Waals surface area contributed by atoms with Gasteiger partial charge in [0, 0.05) is 33.3 Å². The highest BCUT2D eigenvalue weighted by Crippen LogP contribution is 2.25. The van der Waals surface area contributed by atoms with Crippen molar-refractivity contribution in [2.75, 3.05) is 33.3 Å². The summed E-state index contributed by atoms with van der Waals surface area (Å²) in [5.74, 6) is 0. The van der Waals surface area contributed by atoms with Crippen molar-refractivity contribution in [3.63, 3.8) is 0 Å². The van der Waals surface area contributed by atoms with Crippen LogP contribution in [-0.4, -0.2) is 43.8 Å². The molecule has 0 aliphatic carbocycles. The summed E-state index contributed by atoms with van der Waals surface area (Å²) in [6, 6.07) is 21.3. The lowest BCUT2D eigenvalue weighted by molar-refractivity contribution is -0.000934. The molecule has 1 atom stereocenters. The monoisotopic (exact) mass is 324 g/mol. The van der Waals surface area contributed by atoms with Crippen LogP contribution in [0.3, 0.4) is 0 Å². The van der Waals surface area contributed by atoms with Crippen LogP contribution < -0.4 is 5.32 Å². The Morgan fingerprint density at radius 2 is 1.67 bits per heavy atom. The van der Waals surface area contributed by atoms with E-state index in [2.05, 4.69) is 70.9 Å². The zero-order chi connectivity index (χ0) is 16.7. The van der Waals surface area contributed by atoms with Crippen LogP contribution in [0.1, 0.15) is 17.5 Å². The Labute approximate surface area is 145 Å². The number of hydrogen-bond acceptors (Lipinski definition) is 3. The quantitative estimate of drug-likeness (QED) is 0.755. The van der Waals surface area contributed by atoms with E-state index in [4.69, 9.17) is 4.74 Å². The summed E-state index contributed by atoms with van der Waals surface area (Å²) in [4.78, 5) is 2.50. The number of methoxy groups -OCH3 is 1. The van der Waals surface area contributed by atoms with E-state index in [1.165, 1.54) is 11.1 Å². The number of ether oxygens (including phenoxy) is 1. The van der Waals surface area contributed by atoms with Crippen LogP contribution in [-0.2, 0) is 17.7 Å². The predicted molar refractivity (Wildman–Crippen MR) is 99.1 cm³/mol. The van der Waals surface area contributed by atoms with Gasteiger partial charge in [0.15, 0.2) is 0 Å². The normalized spacial score (nSPS) is 21.2. The maximum atomic E-state index is 5.91. The molecule has 0 amide bonds. The fourth-order valence-corrected chi connectivity index (χ4v) is 3.48. The average molecular weight is 324 g/mol. The van der Waals surface area contributed by atoms with E-state index in [9.17, 15) is 0 Å². The SMILES string of the molecule is COC1(CNCCc2ccccc2)CCN(Cc2ccccc2)C1. The Kier molecular flexibility index (Phi) is 6.02. The molecule has 3 rings (SSSR count). The molecule has 1 unspecified atom stereocenters. The van der Waals surface area contributed by atoms with Crippen molar-refractivity contribution in [2.45, 2.75) is 25.0 Å². The first kappa shape index (κ1) is 17.2. The molecule has 0 bridgehead atoms. The summed E-state index contributed by atoms with van der Waals surface area (Å²) in [6.45, 7) is 5.02. The molecular weight excluding hydrogens is 296 g/mol. The van der Waals surface area contributed by atoms with Crippen molar-refractivity contribution in [2.24, 2.45) is 0 Å². The molecular formula is C21H28N2O. The largest absolute Gasteiger partial charge is 0.376 e. The smallest absolute Gasteiger partial charge is 0.0940 e. The average Bonchev–Trinajstić information content (AvgIpc) is 3.04. The van der Waals surface area contributed by atoms with Crippen molar-refractivity contribution in [1.82, 2.24) is 10.2 Å². The van der Waals surface area contributed by atoms with Crippen LogP contribution in [0.2, 0.25) is 0 Å². The van der Waals surface area contributed by atoms with E-state index in [1.807, 2.05) is 7.11 Å². The van der Waals surface area contributed by atoms with Gasteiger partial charge in [-0.15, -0.1) is 0 Å². The highest BCUT2D eigenvalue weighted by molar-refractivity contribution is 5.16. The maximum Gasteiger partial charge on any atom is 0.0940 e. The molecule has 1 aliphatic heterocycles. The fourth-order valence-electron chi connectivity index (χ4n) is 3.48. The molecule has 0 saturated carbocycles. The van der Waals surface area contributed by atoms with Crippen molar-refractivity contribution in [3.05, 3.63) is 71.8 Å². The molecule has 1 aliphatic rings. The Morgan fingerprint density at radius 3 is 2.33 bits per heavy atom. The zero-order valence-electron chi connectivity index (χ0n) is 14.6. The van der Waals surface area contributed by atoms with E-state index < -0.39 is 0 Å². The number of nitrogens with zero attached hydrogens (tertiary/aromatic N) is 1. The second kappa shape index (κ2) is 8.43. The van der Waals surface area contributed by atoms with Crippen LogP contribution in [0.4, 0.5) is 0 Å². The molecule has 128 valence electrons. The van der Waals surface area contributed by atoms with Gasteiger partial charge in [0.2, 0.25) is 0 Å². The summed E-state index contributed by atoms with van der Waals surface area (Å²) in [5, 5.41) is 3.60. The third-order valence-electron chi connectivity index (χ3n) is 4.96. The first-order valence-corrected chi connectivity index (χ1v) is 8.86. The lowest BCUT2D eigenvalue weighted by Crippen LogP contribution is -2.45. The van der Waals surface area contributed by atoms with E-state index in [1.54, 1.807) is 0 Å². The third-order valence-corrected chi connectivity index (χ3v) is 4.96. The molecule has 0 radical (unpaired) electrons. The van der Waals surface area contributed by atoms with Crippen LogP contribution in [0.5, 0.6) is 0 Å². The molecule has 2 aromatic rings. The summed E-state index contributed by atoms with van der Waals surface area (Å²) in [7, 11) is 1.85. The van der Waals surface area contributed by atoms with Gasteiger partial charge in [0.25, 0.3) is 0 Å². The van der Waals surface area contributed by atoms with Crippen LogP contribution in [0, 0.1) is 0 Å². The minimum absolute atomic E-state index is 0.0501. The molecule has 1 saturated heterocycles. The maximum absolute atomic E-state index is 5.91. The number of likely N-dealkylation sites (tertiary alicyclic amines) is 1. The zero-order valence-corrected chi connectivity index (χ0v) is 14.6. The first-order chi connectivity index (χ1) is 11.8. The highest BCUT2D eigenvalue weighted by atomic mass is 16.5. The predicted octanol–water partition coefficient (Wildman–Crippen LogP) is 3.11. The van der Waals surface area contributed by atoms with Gasteiger partial charge in [-0.1, -0.05) is 60.7 Å². The van der Waals surface area contributed by atoms with Gasteiger partial charge < -0.3 is 10.1 Å². The number of nitrogens with one attached hydrogen (secondary N) is 1. The topological polar surface area (TPSA) is 24.5 Å². The Hall–Kier alpha value is -1.68. The second-order valence-electron chi connectivity index (χ2n) is 6.75. The molecule has 24 heavy (non-hydrogen) atoms. The third kappa shape index (κ3) is 4.67. The van der Waals surface area contributed by atoms with Crippen molar-refractivity contribution in [3.8, 4) is 0 Å². The van der Waals surface area contributed by atoms with Crippen LogP contribution >= 0.6 is 0 Å². The molecule has 3 nitrogen and oxygen atoms in total. The molecule has 0 spiro atoms. The Morgan fingerprint density at radius 1 is 1.00 bits per heavy atom. The number of rotatable bonds is 8. The molecule has 1 N–H and O–H groups in total. The minimum Gasteiger partial charge on any atom is -0.376 e. The summed E-state index contributed by atoms with van der Waals surface area (Å²) in [6.07, 6.45) is 2.16. The molecule has 1 fully saturated rings. The van der Waals surface area contributed by atoms with Crippen molar-refractivity contribution < 1.29 is 4.74 Å². The second-order valence-corrected chi connectivity index (χ2v) is 6.75. The summed E-state index contributed by atoms with van der Waals surface area (Å²) < 4.78 is 5.91. The van der Waals surface area contributed by atoms with E-state index in [0.717, 1.165) is 45.6 Å². The van der Waals surface area contributed by atoms with Crippen LogP contribution in [0.25, 0.3) is 0 Å². The first-order valence-electron chi connectivity index (χ1n) is 8.86. The summed E-state index contributed by atoms with van der Waals surface area (Å²) in [5.41, 5.74) is 2.71. The van der Waals surface area contributed by atoms with Gasteiger partial charge in [0.05, 0.1) is 5.60 Å². The standard InChI is InChI=1S/C21H28N2O/c1-24-21(17-22-14-12-19-8-4-2-5-9-19)13-15-23(18-21)16-20-10-6-3-7-11-20/h2-11,22H,12-18H2,1H3. The van der Waals surface area contributed by atoms with Crippen LogP contribution in [0.15, 0.2) is 60.7 Å². The van der Waals surface area contributed by atoms with Gasteiger partial charge >= 0.3 is 0 Å². The van der Waals surface area contributed by atoms with E-state index in [-0.39, 0.29) is 5.60 Å². The van der Waals surface area contributed by atoms with Crippen molar-refractivity contribution in [1.29, 1.82) is 0 Å². The van der Waals surface area contributed by atoms with E-state index in [0.29, 0.717) is 0 Å². The highest BCUT2D eigenvalue weighted by Gasteiger charge is 2.37. The molecule has 3 heteroatoms. The van der Waals surface area contributed by atoms with Gasteiger partial charge in [-0.05, 0) is 30.5 Å². The number of benzene rings is 2. The van der Waals surface area contributed by atoms with Crippen molar-refractivity contribution >= 4 is 0 Å². The van der Waals surface area contributed by atoms with Gasteiger partial charge in [-0.25, -0.2) is 0 Å². The lowest BCUT2D eigenvalue weighted by Gasteiger charge is -2.28. The van der Waals surface area contributed by atoms with E-state index >= 15 is 0 Å². The fraction of sp³-hybridized carbons (Fsp3) is 0.429. The molecule has 1 heterocycles. The van der Waals surface area contributed by atoms with Gasteiger partial charge in [0.1, 0.15) is 0 Å². The molecule has 0 aromatic heterocycles. The Balaban J connectivity index is 1.45. The number of hydrogen-bond donors (Lipinski definition) is 1.